The molecule has 1 fully saturated rings. The van der Waals surface area contributed by atoms with Gasteiger partial charge in [-0.05, 0) is 25.5 Å². The van der Waals surface area contributed by atoms with Crippen molar-refractivity contribution in [2.75, 3.05) is 19.8 Å². The van der Waals surface area contributed by atoms with Gasteiger partial charge in [0.05, 0.1) is 18.1 Å². The molecule has 1 aromatic carbocycles. The summed E-state index contributed by atoms with van der Waals surface area (Å²) in [7, 11) is -4.18. The number of aryl methyl sites for hydroxylation is 1. The summed E-state index contributed by atoms with van der Waals surface area (Å²) in [4.78, 5) is 11.7. The van der Waals surface area contributed by atoms with Gasteiger partial charge in [0.15, 0.2) is 6.29 Å². The van der Waals surface area contributed by atoms with Crippen molar-refractivity contribution < 1.29 is 52.0 Å². The molecule has 1 aliphatic heterocycles. The molecule has 0 radical (unpaired) electrons. The number of carbonyl (C=O) groups excluding carboxylic acids is 1. The van der Waals surface area contributed by atoms with Gasteiger partial charge in [-0.1, -0.05) is 37.5 Å². The van der Waals surface area contributed by atoms with Gasteiger partial charge in [0, 0.05) is 6.42 Å². The maximum atomic E-state index is 12.4. The van der Waals surface area contributed by atoms with E-state index in [9.17, 15) is 33.6 Å². The van der Waals surface area contributed by atoms with Crippen molar-refractivity contribution in [1.29, 1.82) is 0 Å². The summed E-state index contributed by atoms with van der Waals surface area (Å²) in [6.45, 7) is 2.21. The Balaban J connectivity index is 1.96. The van der Waals surface area contributed by atoms with Crippen LogP contribution in [0.3, 0.4) is 0 Å². The maximum absolute atomic E-state index is 12.4. The van der Waals surface area contributed by atoms with Gasteiger partial charge < -0.3 is 34.6 Å². The number of aliphatic hydroxyl groups excluding tert-OH is 4. The van der Waals surface area contributed by atoms with Gasteiger partial charge in [0.2, 0.25) is 0 Å². The second-order valence-corrected chi connectivity index (χ2v) is 9.76. The average molecular weight is 507 g/mol. The van der Waals surface area contributed by atoms with Crippen molar-refractivity contribution in [3.05, 3.63) is 29.8 Å². The lowest BCUT2D eigenvalue weighted by Crippen LogP contribution is -2.60. The van der Waals surface area contributed by atoms with Crippen LogP contribution in [0.15, 0.2) is 29.2 Å². The number of carbonyl (C=O) groups is 1. The molecule has 0 amide bonds. The summed E-state index contributed by atoms with van der Waals surface area (Å²) in [5.41, 5.74) is 0.854. The summed E-state index contributed by atoms with van der Waals surface area (Å²) in [5, 5.41) is 40.1. The Morgan fingerprint density at radius 3 is 2.38 bits per heavy atom. The third kappa shape index (κ3) is 8.24. The van der Waals surface area contributed by atoms with Gasteiger partial charge in [-0.25, -0.2) is 0 Å². The smallest absolute Gasteiger partial charge is 0.305 e. The van der Waals surface area contributed by atoms with Crippen LogP contribution >= 0.6 is 0 Å². The average Bonchev–Trinajstić information content (AvgIpc) is 2.81. The van der Waals surface area contributed by atoms with Crippen LogP contribution in [0.5, 0.6) is 0 Å². The third-order valence-corrected chi connectivity index (χ3v) is 6.61. The van der Waals surface area contributed by atoms with Gasteiger partial charge in [-0.3, -0.25) is 8.98 Å². The van der Waals surface area contributed by atoms with Crippen molar-refractivity contribution in [3.63, 3.8) is 0 Å². The second-order valence-electron chi connectivity index (χ2n) is 8.15. The van der Waals surface area contributed by atoms with E-state index in [2.05, 4.69) is 0 Å². The highest BCUT2D eigenvalue weighted by Gasteiger charge is 2.45. The molecule has 1 aliphatic rings. The minimum atomic E-state index is -4.18. The standard InChI is InChI=1S/C22H34O11S/c1-3-4-5-6-18(24)30-12-15(11-23)32-22-21(27)20(26)19(25)17(33-22)13-31-34(28,29)16-9-7-14(2)8-10-16/h7-10,15,17,19-23,25-27H,3-6,11-13H2,1-2H3/t15-,17+,19+,20-,21+,22+/m0/s1. The van der Waals surface area contributed by atoms with E-state index >= 15 is 0 Å². The summed E-state index contributed by atoms with van der Waals surface area (Å²) in [6, 6.07) is 5.92. The molecular weight excluding hydrogens is 472 g/mol. The molecule has 12 heteroatoms. The van der Waals surface area contributed by atoms with Gasteiger partial charge in [0.25, 0.3) is 10.1 Å². The molecule has 2 rings (SSSR count). The van der Waals surface area contributed by atoms with E-state index < -0.39 is 66.1 Å². The molecule has 0 spiro atoms. The van der Waals surface area contributed by atoms with Crippen LogP contribution in [-0.2, 0) is 33.3 Å². The first-order valence-corrected chi connectivity index (χ1v) is 12.6. The Morgan fingerprint density at radius 2 is 1.76 bits per heavy atom. The lowest BCUT2D eigenvalue weighted by atomic mass is 9.99. The molecule has 1 saturated heterocycles. The lowest BCUT2D eigenvalue weighted by Gasteiger charge is -2.40. The second kappa shape index (κ2) is 13.4. The Kier molecular flexibility index (Phi) is 11.3. The monoisotopic (exact) mass is 506 g/mol. The number of hydrogen-bond donors (Lipinski definition) is 4. The fourth-order valence-electron chi connectivity index (χ4n) is 3.20. The first kappa shape index (κ1) is 28.6. The largest absolute Gasteiger partial charge is 0.463 e. The van der Waals surface area contributed by atoms with Crippen molar-refractivity contribution in [1.82, 2.24) is 0 Å². The van der Waals surface area contributed by atoms with Crippen LogP contribution in [0.25, 0.3) is 0 Å². The molecule has 4 N–H and O–H groups in total. The van der Waals surface area contributed by atoms with E-state index in [1.54, 1.807) is 19.1 Å². The molecule has 0 unspecified atom stereocenters. The number of aliphatic hydroxyl groups is 4. The van der Waals surface area contributed by atoms with Crippen molar-refractivity contribution in [2.24, 2.45) is 0 Å². The number of benzene rings is 1. The predicted octanol–water partition coefficient (Wildman–Crippen LogP) is 0.00892. The molecule has 0 aliphatic carbocycles. The quantitative estimate of drug-likeness (QED) is 0.161. The van der Waals surface area contributed by atoms with Gasteiger partial charge >= 0.3 is 5.97 Å². The summed E-state index contributed by atoms with van der Waals surface area (Å²) in [5.74, 6) is -0.469. The summed E-state index contributed by atoms with van der Waals surface area (Å²) in [6.07, 6.45) is -6.44. The maximum Gasteiger partial charge on any atom is 0.305 e. The Bertz CT molecular complexity index is 858. The lowest BCUT2D eigenvalue weighted by molar-refractivity contribution is -0.314. The van der Waals surface area contributed by atoms with E-state index in [1.165, 1.54) is 12.1 Å². The fraction of sp³-hybridized carbons (Fsp3) is 0.682. The molecule has 194 valence electrons. The van der Waals surface area contributed by atoms with Crippen molar-refractivity contribution in [3.8, 4) is 0 Å². The van der Waals surface area contributed by atoms with Crippen LogP contribution in [-0.4, -0.2) is 91.4 Å². The van der Waals surface area contributed by atoms with Crippen LogP contribution < -0.4 is 0 Å². The predicted molar refractivity (Wildman–Crippen MR) is 118 cm³/mol. The number of hydrogen-bond acceptors (Lipinski definition) is 11. The van der Waals surface area contributed by atoms with E-state index in [0.29, 0.717) is 6.42 Å². The number of ether oxygens (including phenoxy) is 3. The summed E-state index contributed by atoms with van der Waals surface area (Å²) >= 11 is 0. The number of esters is 1. The Morgan fingerprint density at radius 1 is 1.09 bits per heavy atom. The van der Waals surface area contributed by atoms with Crippen molar-refractivity contribution in [2.45, 2.75) is 81.2 Å². The molecule has 34 heavy (non-hydrogen) atoms. The highest BCUT2D eigenvalue weighted by atomic mass is 32.2. The first-order chi connectivity index (χ1) is 16.1. The van der Waals surface area contributed by atoms with Gasteiger partial charge in [0.1, 0.15) is 37.1 Å². The highest BCUT2D eigenvalue weighted by Crippen LogP contribution is 2.25. The molecule has 1 heterocycles. The molecule has 0 saturated carbocycles. The van der Waals surface area contributed by atoms with Crippen LogP contribution in [0.1, 0.15) is 38.2 Å². The SMILES string of the molecule is CCCCCC(=O)OC[C@H](CO)O[C@@H]1O[C@H](COS(=O)(=O)c2ccc(C)cc2)[C@@H](O)[C@H](O)[C@H]1O. The topological polar surface area (TPSA) is 169 Å². The molecule has 0 aromatic heterocycles. The van der Waals surface area contributed by atoms with E-state index in [4.69, 9.17) is 18.4 Å². The minimum absolute atomic E-state index is 0.0992. The van der Waals surface area contributed by atoms with E-state index in [-0.39, 0.29) is 17.9 Å². The summed E-state index contributed by atoms with van der Waals surface area (Å²) < 4.78 is 45.7. The van der Waals surface area contributed by atoms with Gasteiger partial charge in [-0.15, -0.1) is 0 Å². The van der Waals surface area contributed by atoms with E-state index in [0.717, 1.165) is 18.4 Å². The third-order valence-electron chi connectivity index (χ3n) is 5.31. The van der Waals surface area contributed by atoms with E-state index in [1.807, 2.05) is 6.92 Å². The normalized spacial score (nSPS) is 26.2. The number of unbranched alkanes of at least 4 members (excludes halogenated alkanes) is 2. The highest BCUT2D eigenvalue weighted by molar-refractivity contribution is 7.86. The van der Waals surface area contributed by atoms with Gasteiger partial charge in [-0.2, -0.15) is 8.42 Å². The molecule has 6 atom stereocenters. The molecule has 1 aromatic rings. The first-order valence-electron chi connectivity index (χ1n) is 11.2. The molecule has 0 bridgehead atoms. The Hall–Kier alpha value is -1.64. The zero-order chi connectivity index (χ0) is 25.3. The van der Waals surface area contributed by atoms with Crippen LogP contribution in [0.4, 0.5) is 0 Å². The van der Waals surface area contributed by atoms with Crippen LogP contribution in [0, 0.1) is 6.92 Å². The minimum Gasteiger partial charge on any atom is -0.463 e. The van der Waals surface area contributed by atoms with Crippen LogP contribution in [0.2, 0.25) is 0 Å². The molecule has 11 nitrogen and oxygen atoms in total. The molecular formula is C22H34O11S. The Labute approximate surface area is 199 Å². The van der Waals surface area contributed by atoms with Crippen molar-refractivity contribution >= 4 is 16.1 Å². The zero-order valence-electron chi connectivity index (χ0n) is 19.3. The number of rotatable bonds is 13. The zero-order valence-corrected chi connectivity index (χ0v) is 20.1. The fourth-order valence-corrected chi connectivity index (χ4v) is 4.12.